The van der Waals surface area contributed by atoms with Gasteiger partial charge in [0, 0.05) is 17.8 Å². The molecule has 6 heteroatoms. The molecule has 6 nitrogen and oxygen atoms in total. The Labute approximate surface area is 105 Å². The molecule has 0 aliphatic rings. The first-order valence-electron chi connectivity index (χ1n) is 5.22. The van der Waals surface area contributed by atoms with Gasteiger partial charge in [-0.15, -0.1) is 0 Å². The summed E-state index contributed by atoms with van der Waals surface area (Å²) in [5.74, 6) is -0.697. The zero-order valence-corrected chi connectivity index (χ0v) is 10.4. The Hall–Kier alpha value is -2.24. The van der Waals surface area contributed by atoms with Crippen molar-refractivity contribution in [1.82, 2.24) is 0 Å². The number of benzene rings is 1. The van der Waals surface area contributed by atoms with Gasteiger partial charge in [-0.2, -0.15) is 0 Å². The number of phenolic OH excluding ortho intramolecular Hbond substituents is 1. The van der Waals surface area contributed by atoms with E-state index in [1.807, 2.05) is 0 Å². The van der Waals surface area contributed by atoms with Gasteiger partial charge < -0.3 is 19.9 Å². The van der Waals surface area contributed by atoms with Crippen LogP contribution in [0, 0.1) is 0 Å². The minimum absolute atomic E-state index is 0.0431. The Morgan fingerprint density at radius 2 is 2.00 bits per heavy atom. The number of nitrogens with one attached hydrogen (secondary N) is 1. The van der Waals surface area contributed by atoms with Crippen LogP contribution in [0.25, 0.3) is 0 Å². The predicted molar refractivity (Wildman–Crippen MR) is 65.2 cm³/mol. The number of hydrogen-bond acceptors (Lipinski definition) is 6. The molecule has 0 saturated carbocycles. The van der Waals surface area contributed by atoms with E-state index in [-0.39, 0.29) is 29.4 Å². The standard InChI is InChI=1S/C12H15NO5/c1-7(14)12-9(15)4-8(5-10(12)17-2)13-6-11(16)18-3/h4-5,13,15H,6H2,1-3H3. The van der Waals surface area contributed by atoms with Crippen molar-refractivity contribution < 1.29 is 24.2 Å². The van der Waals surface area contributed by atoms with Crippen LogP contribution in [0.1, 0.15) is 17.3 Å². The molecule has 0 atom stereocenters. The van der Waals surface area contributed by atoms with Crippen LogP contribution < -0.4 is 10.1 Å². The third-order valence-corrected chi connectivity index (χ3v) is 2.32. The average Bonchev–Trinajstić information content (AvgIpc) is 2.34. The number of anilines is 1. The summed E-state index contributed by atoms with van der Waals surface area (Å²) in [4.78, 5) is 22.3. The van der Waals surface area contributed by atoms with Crippen molar-refractivity contribution in [3.05, 3.63) is 17.7 Å². The second-order valence-corrected chi connectivity index (χ2v) is 3.56. The van der Waals surface area contributed by atoms with Gasteiger partial charge >= 0.3 is 5.97 Å². The zero-order chi connectivity index (χ0) is 13.7. The molecule has 0 amide bonds. The maximum atomic E-state index is 11.3. The Morgan fingerprint density at radius 1 is 1.33 bits per heavy atom. The van der Waals surface area contributed by atoms with Gasteiger partial charge in [-0.05, 0) is 6.92 Å². The number of Topliss-reactive ketones (excluding diaryl/α,β-unsaturated/α-hetero) is 1. The number of hydrogen-bond donors (Lipinski definition) is 2. The summed E-state index contributed by atoms with van der Waals surface area (Å²) in [6.07, 6.45) is 0. The van der Waals surface area contributed by atoms with Crippen LogP contribution in [0.3, 0.4) is 0 Å². The minimum atomic E-state index is -0.441. The zero-order valence-electron chi connectivity index (χ0n) is 10.4. The lowest BCUT2D eigenvalue weighted by molar-refractivity contribution is -0.138. The highest BCUT2D eigenvalue weighted by Crippen LogP contribution is 2.32. The molecule has 0 aromatic heterocycles. The number of phenols is 1. The highest BCUT2D eigenvalue weighted by atomic mass is 16.5. The first-order chi connectivity index (χ1) is 8.49. The van der Waals surface area contributed by atoms with Crippen LogP contribution in [0.2, 0.25) is 0 Å². The summed E-state index contributed by atoms with van der Waals surface area (Å²) in [5, 5.41) is 12.5. The fraction of sp³-hybridized carbons (Fsp3) is 0.333. The van der Waals surface area contributed by atoms with Gasteiger partial charge in [-0.3, -0.25) is 9.59 Å². The maximum absolute atomic E-state index is 11.3. The van der Waals surface area contributed by atoms with Crippen molar-refractivity contribution >= 4 is 17.4 Å². The molecular weight excluding hydrogens is 238 g/mol. The van der Waals surface area contributed by atoms with Crippen LogP contribution in [0.4, 0.5) is 5.69 Å². The first kappa shape index (κ1) is 13.8. The summed E-state index contributed by atoms with van der Waals surface area (Å²) in [6, 6.07) is 2.88. The molecule has 2 N–H and O–H groups in total. The summed E-state index contributed by atoms with van der Waals surface area (Å²) in [5.41, 5.74) is 0.570. The molecule has 0 aliphatic carbocycles. The lowest BCUT2D eigenvalue weighted by Gasteiger charge is -2.12. The van der Waals surface area contributed by atoms with Crippen molar-refractivity contribution in [2.45, 2.75) is 6.92 Å². The van der Waals surface area contributed by atoms with Crippen molar-refractivity contribution in [3.63, 3.8) is 0 Å². The molecule has 1 aromatic rings. The average molecular weight is 253 g/mol. The van der Waals surface area contributed by atoms with E-state index >= 15 is 0 Å². The van der Waals surface area contributed by atoms with E-state index in [0.29, 0.717) is 5.69 Å². The van der Waals surface area contributed by atoms with Crippen molar-refractivity contribution in [2.75, 3.05) is 26.1 Å². The summed E-state index contributed by atoms with van der Waals surface area (Å²) in [6.45, 7) is 1.29. The molecule has 0 bridgehead atoms. The van der Waals surface area contributed by atoms with E-state index in [4.69, 9.17) is 4.74 Å². The molecule has 0 fully saturated rings. The van der Waals surface area contributed by atoms with Gasteiger partial charge in [0.25, 0.3) is 0 Å². The third-order valence-electron chi connectivity index (χ3n) is 2.32. The number of carbonyl (C=O) groups is 2. The van der Waals surface area contributed by atoms with E-state index in [1.165, 1.54) is 33.3 Å². The second-order valence-electron chi connectivity index (χ2n) is 3.56. The van der Waals surface area contributed by atoms with Gasteiger partial charge in [-0.25, -0.2) is 0 Å². The highest BCUT2D eigenvalue weighted by Gasteiger charge is 2.15. The van der Waals surface area contributed by atoms with Gasteiger partial charge in [0.1, 0.15) is 23.6 Å². The fourth-order valence-corrected chi connectivity index (χ4v) is 1.46. The Bertz CT molecular complexity index is 470. The van der Waals surface area contributed by atoms with Crippen molar-refractivity contribution in [1.29, 1.82) is 0 Å². The van der Waals surface area contributed by atoms with Crippen LogP contribution >= 0.6 is 0 Å². The number of rotatable bonds is 5. The summed E-state index contributed by atoms with van der Waals surface area (Å²) >= 11 is 0. The molecule has 0 radical (unpaired) electrons. The molecule has 0 saturated heterocycles. The SMILES string of the molecule is COC(=O)CNc1cc(O)c(C(C)=O)c(OC)c1. The van der Waals surface area contributed by atoms with Gasteiger partial charge in [0.15, 0.2) is 5.78 Å². The number of ether oxygens (including phenoxy) is 2. The second kappa shape index (κ2) is 5.90. The number of aromatic hydroxyl groups is 1. The van der Waals surface area contributed by atoms with Gasteiger partial charge in [0.2, 0.25) is 0 Å². The lowest BCUT2D eigenvalue weighted by atomic mass is 10.1. The molecule has 98 valence electrons. The minimum Gasteiger partial charge on any atom is -0.507 e. The van der Waals surface area contributed by atoms with Crippen molar-refractivity contribution in [3.8, 4) is 11.5 Å². The van der Waals surface area contributed by atoms with Gasteiger partial charge in [-0.1, -0.05) is 0 Å². The predicted octanol–water partition coefficient (Wildman–Crippen LogP) is 1.19. The lowest BCUT2D eigenvalue weighted by Crippen LogP contribution is -2.15. The summed E-state index contributed by atoms with van der Waals surface area (Å²) < 4.78 is 9.50. The fourth-order valence-electron chi connectivity index (χ4n) is 1.46. The Morgan fingerprint density at radius 3 is 2.50 bits per heavy atom. The Balaban J connectivity index is 3.00. The van der Waals surface area contributed by atoms with E-state index < -0.39 is 5.97 Å². The van der Waals surface area contributed by atoms with E-state index in [9.17, 15) is 14.7 Å². The largest absolute Gasteiger partial charge is 0.507 e. The normalized spacial score (nSPS) is 9.72. The monoisotopic (exact) mass is 253 g/mol. The molecule has 0 spiro atoms. The van der Waals surface area contributed by atoms with Gasteiger partial charge in [0.05, 0.1) is 14.2 Å². The van der Waals surface area contributed by atoms with Crippen molar-refractivity contribution in [2.24, 2.45) is 0 Å². The first-order valence-corrected chi connectivity index (χ1v) is 5.22. The summed E-state index contributed by atoms with van der Waals surface area (Å²) in [7, 11) is 2.67. The molecule has 0 unspecified atom stereocenters. The highest BCUT2D eigenvalue weighted by molar-refractivity contribution is 6.00. The Kier molecular flexibility index (Phi) is 4.53. The van der Waals surface area contributed by atoms with Crippen LogP contribution in [0.15, 0.2) is 12.1 Å². The topological polar surface area (TPSA) is 84.9 Å². The molecule has 1 rings (SSSR count). The molecule has 18 heavy (non-hydrogen) atoms. The molecular formula is C12H15NO5. The quantitative estimate of drug-likeness (QED) is 0.605. The number of carbonyl (C=O) groups excluding carboxylic acids is 2. The van der Waals surface area contributed by atoms with Crippen LogP contribution in [0.5, 0.6) is 11.5 Å². The molecule has 0 aliphatic heterocycles. The van der Waals surface area contributed by atoms with Crippen LogP contribution in [-0.2, 0) is 9.53 Å². The van der Waals surface area contributed by atoms with Crippen LogP contribution in [-0.4, -0.2) is 37.6 Å². The molecule has 1 aromatic carbocycles. The van der Waals surface area contributed by atoms with E-state index in [2.05, 4.69) is 10.1 Å². The number of methoxy groups -OCH3 is 2. The van der Waals surface area contributed by atoms with E-state index in [0.717, 1.165) is 0 Å². The molecule has 0 heterocycles. The third kappa shape index (κ3) is 3.13. The maximum Gasteiger partial charge on any atom is 0.325 e. The smallest absolute Gasteiger partial charge is 0.325 e. The van der Waals surface area contributed by atoms with E-state index in [1.54, 1.807) is 0 Å². The number of ketones is 1. The number of esters is 1.